The maximum absolute atomic E-state index is 11.3. The standard InChI is InChI=1S/C14H17N3O2/c15-10-6-13-12(17-14(18)8-19-13)7-11(10)16-9-4-2-1-3-5-9/h1-2,6-7,9,16H,3-5,8,15H2,(H,17,18). The Labute approximate surface area is 111 Å². The number of hydrogen-bond donors (Lipinski definition) is 3. The Morgan fingerprint density at radius 3 is 3.05 bits per heavy atom. The lowest BCUT2D eigenvalue weighted by Gasteiger charge is -2.24. The molecule has 100 valence electrons. The number of nitrogens with two attached hydrogens (primary N) is 1. The second-order valence-electron chi connectivity index (χ2n) is 4.90. The minimum Gasteiger partial charge on any atom is -0.482 e. The van der Waals surface area contributed by atoms with Gasteiger partial charge in [-0.15, -0.1) is 0 Å². The fourth-order valence-corrected chi connectivity index (χ4v) is 2.41. The van der Waals surface area contributed by atoms with E-state index >= 15 is 0 Å². The van der Waals surface area contributed by atoms with Crippen molar-refractivity contribution in [2.75, 3.05) is 23.0 Å². The van der Waals surface area contributed by atoms with Crippen LogP contribution in [0.3, 0.4) is 0 Å². The van der Waals surface area contributed by atoms with Gasteiger partial charge in [0.05, 0.1) is 17.1 Å². The van der Waals surface area contributed by atoms with E-state index in [1.807, 2.05) is 6.07 Å². The zero-order chi connectivity index (χ0) is 13.2. The molecule has 1 heterocycles. The summed E-state index contributed by atoms with van der Waals surface area (Å²) in [5.74, 6) is 0.495. The fraction of sp³-hybridized carbons (Fsp3) is 0.357. The van der Waals surface area contributed by atoms with Crippen molar-refractivity contribution in [2.24, 2.45) is 0 Å². The van der Waals surface area contributed by atoms with Crippen molar-refractivity contribution < 1.29 is 9.53 Å². The lowest BCUT2D eigenvalue weighted by atomic mass is 10.0. The van der Waals surface area contributed by atoms with Crippen LogP contribution in [0.4, 0.5) is 17.1 Å². The van der Waals surface area contributed by atoms with Crippen LogP contribution < -0.4 is 21.1 Å². The third kappa shape index (κ3) is 2.50. The quantitative estimate of drug-likeness (QED) is 0.561. The number of amides is 1. The zero-order valence-electron chi connectivity index (χ0n) is 10.6. The van der Waals surface area contributed by atoms with E-state index in [9.17, 15) is 4.79 Å². The van der Waals surface area contributed by atoms with E-state index in [0.717, 1.165) is 24.9 Å². The van der Waals surface area contributed by atoms with Gasteiger partial charge in [-0.3, -0.25) is 4.79 Å². The van der Waals surface area contributed by atoms with Crippen molar-refractivity contribution >= 4 is 23.0 Å². The minimum atomic E-state index is -0.135. The van der Waals surface area contributed by atoms with Gasteiger partial charge in [-0.25, -0.2) is 0 Å². The third-order valence-corrected chi connectivity index (χ3v) is 3.41. The van der Waals surface area contributed by atoms with Crippen molar-refractivity contribution in [2.45, 2.75) is 25.3 Å². The first-order valence-electron chi connectivity index (χ1n) is 6.50. The second kappa shape index (κ2) is 4.84. The first kappa shape index (κ1) is 11.9. The molecule has 1 aliphatic heterocycles. The molecule has 0 spiro atoms. The number of rotatable bonds is 2. The van der Waals surface area contributed by atoms with Crippen LogP contribution in [0.5, 0.6) is 5.75 Å². The van der Waals surface area contributed by atoms with E-state index in [-0.39, 0.29) is 12.5 Å². The normalized spacial score (nSPS) is 21.3. The SMILES string of the molecule is Nc1cc2c(cc1NC1CC=CCC1)NC(=O)CO2. The highest BCUT2D eigenvalue weighted by Crippen LogP contribution is 2.36. The number of anilines is 3. The summed E-state index contributed by atoms with van der Waals surface area (Å²) < 4.78 is 5.33. The summed E-state index contributed by atoms with van der Waals surface area (Å²) in [7, 11) is 0. The first-order valence-corrected chi connectivity index (χ1v) is 6.50. The van der Waals surface area contributed by atoms with E-state index in [1.165, 1.54) is 0 Å². The minimum absolute atomic E-state index is 0.0482. The lowest BCUT2D eigenvalue weighted by Crippen LogP contribution is -2.26. The van der Waals surface area contributed by atoms with E-state index in [0.29, 0.717) is 23.2 Å². The molecule has 5 heteroatoms. The largest absolute Gasteiger partial charge is 0.482 e. The van der Waals surface area contributed by atoms with Crippen molar-refractivity contribution in [1.82, 2.24) is 0 Å². The van der Waals surface area contributed by atoms with Gasteiger partial charge in [-0.2, -0.15) is 0 Å². The lowest BCUT2D eigenvalue weighted by molar-refractivity contribution is -0.118. The number of nitrogens with one attached hydrogen (secondary N) is 2. The van der Waals surface area contributed by atoms with Crippen LogP contribution in [-0.4, -0.2) is 18.6 Å². The molecule has 2 aliphatic rings. The van der Waals surface area contributed by atoms with Gasteiger partial charge in [0, 0.05) is 12.1 Å². The molecule has 0 fully saturated rings. The highest BCUT2D eigenvalue weighted by molar-refractivity contribution is 5.97. The van der Waals surface area contributed by atoms with Crippen molar-refractivity contribution in [1.29, 1.82) is 0 Å². The summed E-state index contributed by atoms with van der Waals surface area (Å²) in [6, 6.07) is 4.00. The first-order chi connectivity index (χ1) is 9.22. The molecule has 0 aromatic heterocycles. The van der Waals surface area contributed by atoms with E-state index < -0.39 is 0 Å². The molecule has 1 atom stereocenters. The number of nitrogen functional groups attached to an aromatic ring is 1. The predicted molar refractivity (Wildman–Crippen MR) is 75.4 cm³/mol. The number of ether oxygens (including phenoxy) is 1. The number of fused-ring (bicyclic) bond motifs is 1. The van der Waals surface area contributed by atoms with Gasteiger partial charge in [-0.1, -0.05) is 12.2 Å². The van der Waals surface area contributed by atoms with E-state index in [1.54, 1.807) is 6.07 Å². The Balaban J connectivity index is 1.83. The second-order valence-corrected chi connectivity index (χ2v) is 4.90. The van der Waals surface area contributed by atoms with Gasteiger partial charge in [0.2, 0.25) is 0 Å². The van der Waals surface area contributed by atoms with Crippen LogP contribution >= 0.6 is 0 Å². The Bertz CT molecular complexity index is 540. The zero-order valence-corrected chi connectivity index (χ0v) is 10.6. The van der Waals surface area contributed by atoms with Gasteiger partial charge >= 0.3 is 0 Å². The summed E-state index contributed by atoms with van der Waals surface area (Å²) in [6.07, 6.45) is 7.56. The Hall–Kier alpha value is -2.17. The van der Waals surface area contributed by atoms with Crippen LogP contribution in [0.1, 0.15) is 19.3 Å². The van der Waals surface area contributed by atoms with Gasteiger partial charge < -0.3 is 21.1 Å². The Kier molecular flexibility index (Phi) is 3.03. The molecule has 1 amide bonds. The molecule has 3 rings (SSSR count). The molecule has 0 bridgehead atoms. The Morgan fingerprint density at radius 2 is 2.26 bits per heavy atom. The molecule has 4 N–H and O–H groups in total. The maximum Gasteiger partial charge on any atom is 0.262 e. The van der Waals surface area contributed by atoms with Crippen molar-refractivity contribution in [3.05, 3.63) is 24.3 Å². The van der Waals surface area contributed by atoms with Gasteiger partial charge in [0.1, 0.15) is 5.75 Å². The predicted octanol–water partition coefficient (Wildman–Crippen LogP) is 2.12. The van der Waals surface area contributed by atoms with Gasteiger partial charge in [-0.05, 0) is 25.3 Å². The molecule has 1 aromatic rings. The average Bonchev–Trinajstić information content (AvgIpc) is 2.41. The number of allylic oxidation sites excluding steroid dienone is 1. The molecule has 19 heavy (non-hydrogen) atoms. The van der Waals surface area contributed by atoms with Crippen LogP contribution in [-0.2, 0) is 4.79 Å². The summed E-state index contributed by atoms with van der Waals surface area (Å²) in [6.45, 7) is 0.0482. The molecule has 0 saturated carbocycles. The van der Waals surface area contributed by atoms with Crippen molar-refractivity contribution in [3.63, 3.8) is 0 Å². The number of carbonyl (C=O) groups excluding carboxylic acids is 1. The number of hydrogen-bond acceptors (Lipinski definition) is 4. The molecule has 5 nitrogen and oxygen atoms in total. The van der Waals surface area contributed by atoms with Crippen LogP contribution in [0, 0.1) is 0 Å². The molecule has 1 aromatic carbocycles. The summed E-state index contributed by atoms with van der Waals surface area (Å²) >= 11 is 0. The average molecular weight is 259 g/mol. The summed E-state index contributed by atoms with van der Waals surface area (Å²) in [5, 5.41) is 6.22. The van der Waals surface area contributed by atoms with Crippen LogP contribution in [0.15, 0.2) is 24.3 Å². The highest BCUT2D eigenvalue weighted by Gasteiger charge is 2.19. The molecule has 1 aliphatic carbocycles. The molecule has 0 saturated heterocycles. The van der Waals surface area contributed by atoms with E-state index in [4.69, 9.17) is 10.5 Å². The van der Waals surface area contributed by atoms with Gasteiger partial charge in [0.15, 0.2) is 6.61 Å². The summed E-state index contributed by atoms with van der Waals surface area (Å²) in [4.78, 5) is 11.3. The topological polar surface area (TPSA) is 76.4 Å². The summed E-state index contributed by atoms with van der Waals surface area (Å²) in [5.41, 5.74) is 8.20. The van der Waals surface area contributed by atoms with Crippen LogP contribution in [0.25, 0.3) is 0 Å². The number of benzene rings is 1. The molecule has 0 radical (unpaired) electrons. The van der Waals surface area contributed by atoms with E-state index in [2.05, 4.69) is 22.8 Å². The Morgan fingerprint density at radius 1 is 1.37 bits per heavy atom. The van der Waals surface area contributed by atoms with Gasteiger partial charge in [0.25, 0.3) is 5.91 Å². The molecule has 1 unspecified atom stereocenters. The molecular formula is C14H17N3O2. The smallest absolute Gasteiger partial charge is 0.262 e. The highest BCUT2D eigenvalue weighted by atomic mass is 16.5. The van der Waals surface area contributed by atoms with Crippen molar-refractivity contribution in [3.8, 4) is 5.75 Å². The fourth-order valence-electron chi connectivity index (χ4n) is 2.41. The third-order valence-electron chi connectivity index (χ3n) is 3.41. The maximum atomic E-state index is 11.3. The molecular weight excluding hydrogens is 242 g/mol. The monoisotopic (exact) mass is 259 g/mol. The number of carbonyl (C=O) groups is 1. The van der Waals surface area contributed by atoms with Crippen LogP contribution in [0.2, 0.25) is 0 Å².